The molecule has 0 bridgehead atoms. The highest BCUT2D eigenvalue weighted by Crippen LogP contribution is 2.29. The molecule has 0 saturated carbocycles. The molecule has 2 amide bonds. The lowest BCUT2D eigenvalue weighted by molar-refractivity contribution is -0.132. The monoisotopic (exact) mass is 517 g/mol. The third-order valence-electron chi connectivity index (χ3n) is 5.74. The van der Waals surface area contributed by atoms with Crippen molar-refractivity contribution in [2.24, 2.45) is 0 Å². The summed E-state index contributed by atoms with van der Waals surface area (Å²) < 4.78 is 0. The van der Waals surface area contributed by atoms with Crippen molar-refractivity contribution in [3.8, 4) is 11.3 Å². The van der Waals surface area contributed by atoms with Crippen LogP contribution in [0.3, 0.4) is 0 Å². The van der Waals surface area contributed by atoms with E-state index in [2.05, 4.69) is 15.1 Å². The average Bonchev–Trinajstić information content (AvgIpc) is 3.37. The Bertz CT molecular complexity index is 1150. The first kappa shape index (κ1) is 24.4. The molecule has 0 aliphatic carbocycles. The molecule has 7 nitrogen and oxygen atoms in total. The van der Waals surface area contributed by atoms with Crippen LogP contribution in [0.4, 0.5) is 5.82 Å². The summed E-state index contributed by atoms with van der Waals surface area (Å²) in [5, 5.41) is 11.7. The van der Waals surface area contributed by atoms with Gasteiger partial charge in [-0.3, -0.25) is 9.59 Å². The van der Waals surface area contributed by atoms with Gasteiger partial charge in [-0.25, -0.2) is 0 Å². The zero-order valence-electron chi connectivity index (χ0n) is 18.9. The van der Waals surface area contributed by atoms with Crippen LogP contribution in [0.25, 0.3) is 11.3 Å². The van der Waals surface area contributed by atoms with Crippen molar-refractivity contribution in [1.82, 2.24) is 20.0 Å². The predicted molar refractivity (Wildman–Crippen MR) is 137 cm³/mol. The van der Waals surface area contributed by atoms with E-state index in [0.29, 0.717) is 46.8 Å². The minimum Gasteiger partial charge on any atom is -0.352 e. The molecular weight excluding hydrogens is 493 g/mol. The van der Waals surface area contributed by atoms with E-state index in [1.165, 1.54) is 11.3 Å². The fourth-order valence-electron chi connectivity index (χ4n) is 3.80. The molecule has 1 saturated heterocycles. The predicted octanol–water partition coefficient (Wildman–Crippen LogP) is 4.71. The van der Waals surface area contributed by atoms with Crippen molar-refractivity contribution in [3.63, 3.8) is 0 Å². The third kappa shape index (κ3) is 5.51. The Morgan fingerprint density at radius 3 is 2.41 bits per heavy atom. The molecule has 1 fully saturated rings. The number of carbonyl (C=O) groups excluding carboxylic acids is 2. The van der Waals surface area contributed by atoms with Gasteiger partial charge in [0.2, 0.25) is 5.91 Å². The standard InChI is InChI=1S/C24H25Cl2N5O2S/c1-16(2)31(24(33)21-4-3-13-34-21)15-23(32)30-11-9-29(10-12-30)22-8-7-20(27-28-22)18-6-5-17(25)14-19(18)26/h3-8,13-14,16H,9-12,15H2,1-2H3. The van der Waals surface area contributed by atoms with E-state index in [1.54, 1.807) is 23.1 Å². The Hall–Kier alpha value is -2.68. The van der Waals surface area contributed by atoms with E-state index in [4.69, 9.17) is 23.2 Å². The molecule has 0 radical (unpaired) electrons. The Morgan fingerprint density at radius 1 is 1.06 bits per heavy atom. The van der Waals surface area contributed by atoms with Crippen LogP contribution in [0, 0.1) is 0 Å². The van der Waals surface area contributed by atoms with Gasteiger partial charge in [-0.2, -0.15) is 0 Å². The van der Waals surface area contributed by atoms with Gasteiger partial charge >= 0.3 is 0 Å². The van der Waals surface area contributed by atoms with Crippen LogP contribution >= 0.6 is 34.5 Å². The molecule has 3 heterocycles. The van der Waals surface area contributed by atoms with E-state index >= 15 is 0 Å². The van der Waals surface area contributed by atoms with Crippen LogP contribution in [0.1, 0.15) is 23.5 Å². The van der Waals surface area contributed by atoms with Gasteiger partial charge in [-0.1, -0.05) is 29.3 Å². The minimum atomic E-state index is -0.104. The number of piperazine rings is 1. The van der Waals surface area contributed by atoms with Crippen molar-refractivity contribution in [2.45, 2.75) is 19.9 Å². The Morgan fingerprint density at radius 2 is 1.82 bits per heavy atom. The van der Waals surface area contributed by atoms with Crippen molar-refractivity contribution in [1.29, 1.82) is 0 Å². The molecule has 1 aliphatic rings. The van der Waals surface area contributed by atoms with Gasteiger partial charge in [-0.15, -0.1) is 21.5 Å². The molecule has 2 aromatic heterocycles. The van der Waals surface area contributed by atoms with Gasteiger partial charge in [0.05, 0.1) is 15.6 Å². The highest BCUT2D eigenvalue weighted by atomic mass is 35.5. The Kier molecular flexibility index (Phi) is 7.70. The molecule has 4 rings (SSSR count). The number of rotatable bonds is 6. The lowest BCUT2D eigenvalue weighted by atomic mass is 10.1. The van der Waals surface area contributed by atoms with Crippen LogP contribution in [-0.2, 0) is 4.79 Å². The number of carbonyl (C=O) groups is 2. The summed E-state index contributed by atoms with van der Waals surface area (Å²) in [6, 6.07) is 12.6. The number of anilines is 1. The summed E-state index contributed by atoms with van der Waals surface area (Å²) in [6.45, 7) is 6.33. The lowest BCUT2D eigenvalue weighted by Crippen LogP contribution is -2.52. The maximum atomic E-state index is 13.0. The highest BCUT2D eigenvalue weighted by molar-refractivity contribution is 7.12. The van der Waals surface area contributed by atoms with Crippen LogP contribution in [0.15, 0.2) is 47.8 Å². The van der Waals surface area contributed by atoms with E-state index in [-0.39, 0.29) is 24.4 Å². The van der Waals surface area contributed by atoms with Crippen molar-refractivity contribution >= 4 is 52.2 Å². The molecule has 1 aliphatic heterocycles. The molecule has 0 unspecified atom stereocenters. The molecule has 178 valence electrons. The summed E-state index contributed by atoms with van der Waals surface area (Å²) in [7, 11) is 0. The minimum absolute atomic E-state index is 0.0444. The maximum absolute atomic E-state index is 13.0. The Balaban J connectivity index is 1.35. The first-order chi connectivity index (χ1) is 16.3. The van der Waals surface area contributed by atoms with Gasteiger partial charge in [0, 0.05) is 42.8 Å². The molecular formula is C24H25Cl2N5O2S. The third-order valence-corrected chi connectivity index (χ3v) is 7.14. The van der Waals surface area contributed by atoms with Crippen LogP contribution in [0.5, 0.6) is 0 Å². The first-order valence-electron chi connectivity index (χ1n) is 11.0. The first-order valence-corrected chi connectivity index (χ1v) is 12.6. The number of aromatic nitrogens is 2. The van der Waals surface area contributed by atoms with E-state index in [0.717, 1.165) is 11.4 Å². The van der Waals surface area contributed by atoms with E-state index in [1.807, 2.05) is 48.4 Å². The van der Waals surface area contributed by atoms with Gasteiger partial charge in [0.25, 0.3) is 5.91 Å². The zero-order valence-corrected chi connectivity index (χ0v) is 21.3. The number of hydrogen-bond acceptors (Lipinski definition) is 6. The maximum Gasteiger partial charge on any atom is 0.264 e. The number of benzene rings is 1. The highest BCUT2D eigenvalue weighted by Gasteiger charge is 2.27. The van der Waals surface area contributed by atoms with E-state index < -0.39 is 0 Å². The number of amides is 2. The molecule has 10 heteroatoms. The molecule has 1 aromatic carbocycles. The van der Waals surface area contributed by atoms with E-state index in [9.17, 15) is 9.59 Å². The molecule has 0 spiro atoms. The SMILES string of the molecule is CC(C)N(CC(=O)N1CCN(c2ccc(-c3ccc(Cl)cc3Cl)nn2)CC1)C(=O)c1cccs1. The van der Waals surface area contributed by atoms with Crippen LogP contribution in [-0.4, -0.2) is 70.6 Å². The van der Waals surface area contributed by atoms with Crippen LogP contribution in [0.2, 0.25) is 10.0 Å². The summed E-state index contributed by atoms with van der Waals surface area (Å²) in [4.78, 5) is 31.9. The lowest BCUT2D eigenvalue weighted by Gasteiger charge is -2.36. The van der Waals surface area contributed by atoms with Gasteiger partial charge in [0.1, 0.15) is 6.54 Å². The largest absolute Gasteiger partial charge is 0.352 e. The summed E-state index contributed by atoms with van der Waals surface area (Å²) >= 11 is 13.6. The molecule has 0 N–H and O–H groups in total. The quantitative estimate of drug-likeness (QED) is 0.473. The summed E-state index contributed by atoms with van der Waals surface area (Å²) in [6.07, 6.45) is 0. The number of thiophene rings is 1. The number of hydrogen-bond donors (Lipinski definition) is 0. The smallest absolute Gasteiger partial charge is 0.264 e. The average molecular weight is 518 g/mol. The van der Waals surface area contributed by atoms with Crippen molar-refractivity contribution in [3.05, 3.63) is 62.8 Å². The second kappa shape index (κ2) is 10.7. The number of nitrogens with zero attached hydrogens (tertiary/aromatic N) is 5. The van der Waals surface area contributed by atoms with Crippen molar-refractivity contribution < 1.29 is 9.59 Å². The topological polar surface area (TPSA) is 69.6 Å². The fraction of sp³-hybridized carbons (Fsp3) is 0.333. The van der Waals surface area contributed by atoms with Crippen LogP contribution < -0.4 is 4.90 Å². The van der Waals surface area contributed by atoms with Gasteiger partial charge in [-0.05, 0) is 55.6 Å². The summed E-state index contributed by atoms with van der Waals surface area (Å²) in [5.74, 6) is 0.600. The molecule has 34 heavy (non-hydrogen) atoms. The summed E-state index contributed by atoms with van der Waals surface area (Å²) in [5.41, 5.74) is 1.44. The van der Waals surface area contributed by atoms with Gasteiger partial charge < -0.3 is 14.7 Å². The fourth-order valence-corrected chi connectivity index (χ4v) is 4.98. The molecule has 3 aromatic rings. The Labute approximate surface area is 212 Å². The second-order valence-corrected chi connectivity index (χ2v) is 10.1. The number of halogens is 2. The second-order valence-electron chi connectivity index (χ2n) is 8.27. The zero-order chi connectivity index (χ0) is 24.2. The van der Waals surface area contributed by atoms with Crippen molar-refractivity contribution in [2.75, 3.05) is 37.6 Å². The normalized spacial score (nSPS) is 13.9. The van der Waals surface area contributed by atoms with Gasteiger partial charge in [0.15, 0.2) is 5.82 Å². The molecule has 0 atom stereocenters.